The highest BCUT2D eigenvalue weighted by Gasteiger charge is 2.24. The molecule has 0 bridgehead atoms. The van der Waals surface area contributed by atoms with Crippen LogP contribution in [-0.2, 0) is 13.6 Å². The first-order valence-corrected chi connectivity index (χ1v) is 8.19. The van der Waals surface area contributed by atoms with Crippen molar-refractivity contribution in [2.75, 3.05) is 25.9 Å². The van der Waals surface area contributed by atoms with Crippen LogP contribution >= 0.6 is 35.7 Å². The zero-order valence-corrected chi connectivity index (χ0v) is 16.4. The SMILES string of the molecule is CN=C(NCc1cnn(C)c1)N1CCSC(C(C)C)C1.I. The van der Waals surface area contributed by atoms with Gasteiger partial charge in [0, 0.05) is 56.5 Å². The molecule has 1 fully saturated rings. The van der Waals surface area contributed by atoms with Crippen molar-refractivity contribution < 1.29 is 0 Å². The van der Waals surface area contributed by atoms with Crippen LogP contribution < -0.4 is 5.32 Å². The molecule has 1 aromatic heterocycles. The smallest absolute Gasteiger partial charge is 0.193 e. The number of guanidine groups is 1. The van der Waals surface area contributed by atoms with Crippen molar-refractivity contribution in [3.05, 3.63) is 18.0 Å². The summed E-state index contributed by atoms with van der Waals surface area (Å²) < 4.78 is 1.83. The van der Waals surface area contributed by atoms with Gasteiger partial charge in [-0.25, -0.2) is 0 Å². The number of hydrogen-bond donors (Lipinski definition) is 1. The summed E-state index contributed by atoms with van der Waals surface area (Å²) in [5.41, 5.74) is 1.18. The zero-order chi connectivity index (χ0) is 14.5. The fourth-order valence-corrected chi connectivity index (χ4v) is 3.65. The third kappa shape index (κ3) is 5.36. The summed E-state index contributed by atoms with van der Waals surface area (Å²) in [5.74, 6) is 2.88. The Morgan fingerprint density at radius 1 is 1.57 bits per heavy atom. The van der Waals surface area contributed by atoms with Gasteiger partial charge in [-0.3, -0.25) is 9.67 Å². The Kier molecular flexibility index (Phi) is 7.86. The van der Waals surface area contributed by atoms with Crippen molar-refractivity contribution in [3.8, 4) is 0 Å². The second kappa shape index (κ2) is 8.87. The molecule has 21 heavy (non-hydrogen) atoms. The van der Waals surface area contributed by atoms with Crippen molar-refractivity contribution in [2.24, 2.45) is 18.0 Å². The van der Waals surface area contributed by atoms with E-state index in [1.54, 1.807) is 0 Å². The molecule has 0 amide bonds. The van der Waals surface area contributed by atoms with Crippen molar-refractivity contribution in [2.45, 2.75) is 25.6 Å². The fraction of sp³-hybridized carbons (Fsp3) is 0.714. The summed E-state index contributed by atoms with van der Waals surface area (Å²) >= 11 is 2.08. The van der Waals surface area contributed by atoms with Gasteiger partial charge in [0.05, 0.1) is 6.20 Å². The van der Waals surface area contributed by atoms with Crippen LogP contribution in [0.4, 0.5) is 0 Å². The number of halogens is 1. The molecule has 1 atom stereocenters. The maximum atomic E-state index is 4.42. The second-order valence-electron chi connectivity index (χ2n) is 5.52. The highest BCUT2D eigenvalue weighted by atomic mass is 127. The molecule has 1 N–H and O–H groups in total. The number of aromatic nitrogens is 2. The van der Waals surface area contributed by atoms with Crippen LogP contribution in [0, 0.1) is 5.92 Å². The lowest BCUT2D eigenvalue weighted by molar-refractivity contribution is 0.380. The third-order valence-electron chi connectivity index (χ3n) is 3.56. The largest absolute Gasteiger partial charge is 0.352 e. The molecule has 2 rings (SSSR count). The summed E-state index contributed by atoms with van der Waals surface area (Å²) in [7, 11) is 3.80. The molecule has 120 valence electrons. The normalized spacial score (nSPS) is 19.6. The first-order valence-electron chi connectivity index (χ1n) is 7.15. The lowest BCUT2D eigenvalue weighted by Crippen LogP contribution is -2.48. The monoisotopic (exact) mass is 423 g/mol. The van der Waals surface area contributed by atoms with Crippen LogP contribution in [0.5, 0.6) is 0 Å². The van der Waals surface area contributed by atoms with E-state index in [0.717, 1.165) is 25.6 Å². The molecule has 7 heteroatoms. The minimum absolute atomic E-state index is 0. The lowest BCUT2D eigenvalue weighted by Gasteiger charge is -2.36. The number of thioether (sulfide) groups is 1. The lowest BCUT2D eigenvalue weighted by atomic mass is 10.1. The Balaban J connectivity index is 0.00000220. The van der Waals surface area contributed by atoms with E-state index in [4.69, 9.17) is 0 Å². The predicted octanol–water partition coefficient (Wildman–Crippen LogP) is 2.19. The Morgan fingerprint density at radius 3 is 2.90 bits per heavy atom. The number of nitrogens with zero attached hydrogens (tertiary/aromatic N) is 4. The molecule has 1 aromatic rings. The summed E-state index contributed by atoms with van der Waals surface area (Å²) in [6.45, 7) is 7.52. The second-order valence-corrected chi connectivity index (χ2v) is 6.87. The van der Waals surface area contributed by atoms with Crippen molar-refractivity contribution >= 4 is 41.7 Å². The van der Waals surface area contributed by atoms with Crippen LogP contribution in [0.1, 0.15) is 19.4 Å². The first-order chi connectivity index (χ1) is 9.60. The molecule has 1 aliphatic heterocycles. The molecule has 1 aliphatic rings. The van der Waals surface area contributed by atoms with Gasteiger partial charge < -0.3 is 10.2 Å². The maximum Gasteiger partial charge on any atom is 0.193 e. The van der Waals surface area contributed by atoms with E-state index in [2.05, 4.69) is 45.9 Å². The summed E-state index contributed by atoms with van der Waals surface area (Å²) in [6.07, 6.45) is 3.92. The number of hydrogen-bond acceptors (Lipinski definition) is 3. The number of nitrogens with one attached hydrogen (secondary N) is 1. The van der Waals surface area contributed by atoms with Crippen LogP contribution in [0.3, 0.4) is 0 Å². The average Bonchev–Trinajstić information content (AvgIpc) is 2.85. The standard InChI is InChI=1S/C14H25N5S.HI/c1-11(2)13-10-19(5-6-20-13)14(15-3)16-7-12-8-17-18(4)9-12;/h8-9,11,13H,5-7,10H2,1-4H3,(H,15,16);1H. The molecule has 2 heterocycles. The average molecular weight is 423 g/mol. The molecular weight excluding hydrogens is 397 g/mol. The topological polar surface area (TPSA) is 45.5 Å². The summed E-state index contributed by atoms with van der Waals surface area (Å²) in [6, 6.07) is 0. The Hall–Kier alpha value is -0.440. The Bertz CT molecular complexity index is 460. The van der Waals surface area contributed by atoms with Crippen molar-refractivity contribution in [1.82, 2.24) is 20.0 Å². The molecule has 0 aromatic carbocycles. The highest BCUT2D eigenvalue weighted by Crippen LogP contribution is 2.24. The van der Waals surface area contributed by atoms with Crippen LogP contribution in [-0.4, -0.2) is 51.8 Å². The minimum Gasteiger partial charge on any atom is -0.352 e. The Labute approximate surface area is 149 Å². The minimum atomic E-state index is 0. The van der Waals surface area contributed by atoms with Crippen molar-refractivity contribution in [1.29, 1.82) is 0 Å². The molecule has 1 saturated heterocycles. The quantitative estimate of drug-likeness (QED) is 0.460. The van der Waals surface area contributed by atoms with Crippen LogP contribution in [0.25, 0.3) is 0 Å². The van der Waals surface area contributed by atoms with E-state index >= 15 is 0 Å². The molecule has 0 aliphatic carbocycles. The number of rotatable bonds is 3. The van der Waals surface area contributed by atoms with Gasteiger partial charge in [0.1, 0.15) is 0 Å². The van der Waals surface area contributed by atoms with Crippen LogP contribution in [0.15, 0.2) is 17.4 Å². The molecule has 0 saturated carbocycles. The molecular formula is C14H26IN5S. The van der Waals surface area contributed by atoms with E-state index in [1.165, 1.54) is 11.3 Å². The van der Waals surface area contributed by atoms with Crippen LogP contribution in [0.2, 0.25) is 0 Å². The number of aliphatic imine (C=N–C) groups is 1. The predicted molar refractivity (Wildman–Crippen MR) is 101 cm³/mol. The zero-order valence-electron chi connectivity index (χ0n) is 13.2. The van der Waals surface area contributed by atoms with Gasteiger partial charge in [0.2, 0.25) is 0 Å². The molecule has 1 unspecified atom stereocenters. The van der Waals surface area contributed by atoms with Gasteiger partial charge in [-0.1, -0.05) is 13.8 Å². The molecule has 5 nitrogen and oxygen atoms in total. The van der Waals surface area contributed by atoms with E-state index in [1.807, 2.05) is 31.2 Å². The summed E-state index contributed by atoms with van der Waals surface area (Å²) in [5, 5.41) is 8.32. The van der Waals surface area contributed by atoms with Gasteiger partial charge in [-0.15, -0.1) is 24.0 Å². The van der Waals surface area contributed by atoms with E-state index in [9.17, 15) is 0 Å². The molecule has 0 spiro atoms. The maximum absolute atomic E-state index is 4.42. The number of aryl methyl sites for hydroxylation is 1. The fourth-order valence-electron chi connectivity index (χ4n) is 2.35. The third-order valence-corrected chi connectivity index (χ3v) is 5.10. The van der Waals surface area contributed by atoms with E-state index < -0.39 is 0 Å². The van der Waals surface area contributed by atoms with Gasteiger partial charge in [-0.2, -0.15) is 16.9 Å². The Morgan fingerprint density at radius 2 is 2.33 bits per heavy atom. The van der Waals surface area contributed by atoms with Gasteiger partial charge in [-0.05, 0) is 5.92 Å². The van der Waals surface area contributed by atoms with Crippen molar-refractivity contribution in [3.63, 3.8) is 0 Å². The highest BCUT2D eigenvalue weighted by molar-refractivity contribution is 14.0. The van der Waals surface area contributed by atoms with E-state index in [0.29, 0.717) is 11.2 Å². The first kappa shape index (κ1) is 18.6. The van der Waals surface area contributed by atoms with Gasteiger partial charge in [0.15, 0.2) is 5.96 Å². The summed E-state index contributed by atoms with van der Waals surface area (Å²) in [4.78, 5) is 6.79. The van der Waals surface area contributed by atoms with E-state index in [-0.39, 0.29) is 24.0 Å². The van der Waals surface area contributed by atoms with Gasteiger partial charge >= 0.3 is 0 Å². The van der Waals surface area contributed by atoms with Gasteiger partial charge in [0.25, 0.3) is 0 Å². The molecule has 0 radical (unpaired) electrons.